The van der Waals surface area contributed by atoms with Gasteiger partial charge in [-0.1, -0.05) is 6.07 Å². The van der Waals surface area contributed by atoms with Crippen molar-refractivity contribution in [3.63, 3.8) is 0 Å². The van der Waals surface area contributed by atoms with Crippen LogP contribution in [-0.4, -0.2) is 41.1 Å². The molecular weight excluding hydrogens is 254 g/mol. The summed E-state index contributed by atoms with van der Waals surface area (Å²) in [6.45, 7) is 1.29. The van der Waals surface area contributed by atoms with Crippen molar-refractivity contribution in [2.24, 2.45) is 0 Å². The van der Waals surface area contributed by atoms with Crippen molar-refractivity contribution in [3.05, 3.63) is 24.3 Å². The van der Waals surface area contributed by atoms with Gasteiger partial charge in [0.25, 0.3) is 0 Å². The lowest BCUT2D eigenvalue weighted by atomic mass is 10.3. The van der Waals surface area contributed by atoms with E-state index in [9.17, 15) is 8.42 Å². The number of rotatable bonds is 8. The smallest absolute Gasteiger partial charge is 0.180 e. The average Bonchev–Trinajstić information content (AvgIpc) is 2.33. The molecule has 0 bridgehead atoms. The Bertz CT molecular complexity index is 459. The third-order valence-corrected chi connectivity index (χ3v) is 4.03. The first-order chi connectivity index (χ1) is 8.56. The van der Waals surface area contributed by atoms with E-state index in [1.54, 1.807) is 19.2 Å². The number of benzene rings is 1. The highest BCUT2D eigenvalue weighted by Crippen LogP contribution is 2.14. The molecule has 0 aliphatic carbocycles. The molecule has 0 aliphatic rings. The molecule has 0 aromatic heterocycles. The van der Waals surface area contributed by atoms with Gasteiger partial charge in [-0.15, -0.1) is 0 Å². The summed E-state index contributed by atoms with van der Waals surface area (Å²) in [6.07, 6.45) is 0.759. The maximum absolute atomic E-state index is 11.9. The van der Waals surface area contributed by atoms with E-state index >= 15 is 0 Å². The average molecular weight is 273 g/mol. The maximum atomic E-state index is 11.9. The monoisotopic (exact) mass is 273 g/mol. The van der Waals surface area contributed by atoms with Gasteiger partial charge in [0.1, 0.15) is 0 Å². The molecule has 0 spiro atoms. The second-order valence-electron chi connectivity index (χ2n) is 3.85. The van der Waals surface area contributed by atoms with Crippen molar-refractivity contribution < 1.29 is 17.9 Å². The maximum Gasteiger partial charge on any atom is 0.180 e. The predicted molar refractivity (Wildman–Crippen MR) is 70.2 cm³/mol. The van der Waals surface area contributed by atoms with Crippen LogP contribution in [0, 0.1) is 0 Å². The quantitative estimate of drug-likeness (QED) is 0.566. The predicted octanol–water partition coefficient (Wildman–Crippen LogP) is 1.10. The first kappa shape index (κ1) is 14.9. The van der Waals surface area contributed by atoms with Crippen LogP contribution in [0.4, 0.5) is 5.69 Å². The van der Waals surface area contributed by atoms with E-state index in [1.807, 2.05) is 0 Å². The number of sulfone groups is 1. The Hall–Kier alpha value is -1.11. The van der Waals surface area contributed by atoms with Gasteiger partial charge in [0, 0.05) is 26.0 Å². The van der Waals surface area contributed by atoms with Gasteiger partial charge < -0.3 is 15.2 Å². The van der Waals surface area contributed by atoms with Crippen molar-refractivity contribution in [2.75, 3.05) is 38.4 Å². The fourth-order valence-corrected chi connectivity index (χ4v) is 2.58. The molecule has 1 aromatic carbocycles. The number of hydrogen-bond donors (Lipinski definition) is 1. The van der Waals surface area contributed by atoms with Crippen LogP contribution in [0.5, 0.6) is 0 Å². The largest absolute Gasteiger partial charge is 0.399 e. The Morgan fingerprint density at radius 3 is 2.67 bits per heavy atom. The van der Waals surface area contributed by atoms with Gasteiger partial charge in [-0.05, 0) is 24.6 Å². The summed E-state index contributed by atoms with van der Waals surface area (Å²) in [5.41, 5.74) is 6.00. The highest BCUT2D eigenvalue weighted by Gasteiger charge is 2.14. The zero-order valence-corrected chi connectivity index (χ0v) is 11.3. The second kappa shape index (κ2) is 7.35. The molecule has 0 fully saturated rings. The number of nitrogens with two attached hydrogens (primary N) is 1. The first-order valence-corrected chi connectivity index (χ1v) is 7.36. The van der Waals surface area contributed by atoms with Gasteiger partial charge in [0.05, 0.1) is 17.3 Å². The lowest BCUT2D eigenvalue weighted by molar-refractivity contribution is 0.112. The van der Waals surface area contributed by atoms with Crippen LogP contribution in [0.15, 0.2) is 29.2 Å². The van der Waals surface area contributed by atoms with Crippen molar-refractivity contribution in [3.8, 4) is 0 Å². The zero-order chi connectivity index (χ0) is 13.4. The summed E-state index contributed by atoms with van der Waals surface area (Å²) in [6, 6.07) is 6.28. The minimum Gasteiger partial charge on any atom is -0.399 e. The highest BCUT2D eigenvalue weighted by molar-refractivity contribution is 7.91. The van der Waals surface area contributed by atoms with Crippen molar-refractivity contribution in [2.45, 2.75) is 11.3 Å². The lowest BCUT2D eigenvalue weighted by Gasteiger charge is -2.06. The van der Waals surface area contributed by atoms with E-state index in [1.165, 1.54) is 12.1 Å². The summed E-state index contributed by atoms with van der Waals surface area (Å²) in [5.74, 6) is -0.0383. The molecule has 0 atom stereocenters. The van der Waals surface area contributed by atoms with Crippen molar-refractivity contribution in [1.29, 1.82) is 0 Å². The van der Waals surface area contributed by atoms with Gasteiger partial charge in [0.2, 0.25) is 0 Å². The zero-order valence-electron chi connectivity index (χ0n) is 10.5. The normalized spacial score (nSPS) is 11.6. The fourth-order valence-electron chi connectivity index (χ4n) is 1.40. The SMILES string of the molecule is COCCCOCCS(=O)(=O)c1cccc(N)c1. The van der Waals surface area contributed by atoms with Crippen LogP contribution in [0.2, 0.25) is 0 Å². The van der Waals surface area contributed by atoms with Crippen molar-refractivity contribution in [1.82, 2.24) is 0 Å². The number of ether oxygens (including phenoxy) is 2. The van der Waals surface area contributed by atoms with Crippen LogP contribution in [-0.2, 0) is 19.3 Å². The fraction of sp³-hybridized carbons (Fsp3) is 0.500. The van der Waals surface area contributed by atoms with Crippen molar-refractivity contribution >= 4 is 15.5 Å². The van der Waals surface area contributed by atoms with E-state index in [4.69, 9.17) is 15.2 Å². The molecule has 1 rings (SSSR count). The molecule has 102 valence electrons. The molecule has 0 amide bonds. The summed E-state index contributed by atoms with van der Waals surface area (Å²) in [7, 11) is -1.70. The molecule has 0 unspecified atom stereocenters. The number of nitrogen functional groups attached to an aromatic ring is 1. The molecule has 0 aliphatic heterocycles. The third-order valence-electron chi connectivity index (χ3n) is 2.35. The molecule has 5 nitrogen and oxygen atoms in total. The molecule has 6 heteroatoms. The van der Waals surface area contributed by atoms with Gasteiger partial charge in [-0.25, -0.2) is 8.42 Å². The van der Waals surface area contributed by atoms with E-state index in [0.29, 0.717) is 18.9 Å². The Morgan fingerprint density at radius 2 is 2.00 bits per heavy atom. The Balaban J connectivity index is 2.41. The number of methoxy groups -OCH3 is 1. The van der Waals surface area contributed by atoms with Gasteiger partial charge >= 0.3 is 0 Å². The summed E-state index contributed by atoms with van der Waals surface area (Å²) < 4.78 is 33.9. The molecule has 0 heterocycles. The minimum absolute atomic E-state index is 0.0383. The van der Waals surface area contributed by atoms with E-state index in [0.717, 1.165) is 6.42 Å². The molecule has 2 N–H and O–H groups in total. The standard InChI is InChI=1S/C12H19NO4S/c1-16-6-3-7-17-8-9-18(14,15)12-5-2-4-11(13)10-12/h2,4-5,10H,3,6-9,13H2,1H3. The Labute approximate surface area is 108 Å². The minimum atomic E-state index is -3.31. The van der Waals surface area contributed by atoms with E-state index in [2.05, 4.69) is 0 Å². The molecule has 18 heavy (non-hydrogen) atoms. The summed E-state index contributed by atoms with van der Waals surface area (Å²) in [4.78, 5) is 0.239. The number of anilines is 1. The highest BCUT2D eigenvalue weighted by atomic mass is 32.2. The van der Waals surface area contributed by atoms with Gasteiger partial charge in [0.15, 0.2) is 9.84 Å². The summed E-state index contributed by atoms with van der Waals surface area (Å²) >= 11 is 0. The topological polar surface area (TPSA) is 78.6 Å². The molecule has 0 radical (unpaired) electrons. The summed E-state index contributed by atoms with van der Waals surface area (Å²) in [5, 5.41) is 0. The van der Waals surface area contributed by atoms with Crippen LogP contribution in [0.25, 0.3) is 0 Å². The van der Waals surface area contributed by atoms with Gasteiger partial charge in [-0.3, -0.25) is 0 Å². The third kappa shape index (κ3) is 5.03. The first-order valence-electron chi connectivity index (χ1n) is 5.71. The van der Waals surface area contributed by atoms with Gasteiger partial charge in [-0.2, -0.15) is 0 Å². The van der Waals surface area contributed by atoms with Crippen LogP contribution < -0.4 is 5.73 Å². The van der Waals surface area contributed by atoms with E-state index in [-0.39, 0.29) is 17.3 Å². The second-order valence-corrected chi connectivity index (χ2v) is 5.96. The molecule has 1 aromatic rings. The number of hydrogen-bond acceptors (Lipinski definition) is 5. The molecular formula is C12H19NO4S. The Kier molecular flexibility index (Phi) is 6.11. The van der Waals surface area contributed by atoms with E-state index < -0.39 is 9.84 Å². The van der Waals surface area contributed by atoms with Crippen LogP contribution >= 0.6 is 0 Å². The molecule has 0 saturated heterocycles. The lowest BCUT2D eigenvalue weighted by Crippen LogP contribution is -2.13. The Morgan fingerprint density at radius 1 is 1.22 bits per heavy atom. The van der Waals surface area contributed by atoms with Crippen LogP contribution in [0.3, 0.4) is 0 Å². The molecule has 0 saturated carbocycles. The van der Waals surface area contributed by atoms with Crippen LogP contribution in [0.1, 0.15) is 6.42 Å².